The fraction of sp³-hybridized carbons (Fsp3) is 1.00. The molecule has 5 heteroatoms. The zero-order chi connectivity index (χ0) is 7.33. The first-order valence-electron chi connectivity index (χ1n) is 2.79. The predicted octanol–water partition coefficient (Wildman–Crippen LogP) is 0.386. The van der Waals surface area contributed by atoms with E-state index in [0.717, 1.165) is 0 Å². The van der Waals surface area contributed by atoms with Gasteiger partial charge >= 0.3 is 58.9 Å². The summed E-state index contributed by atoms with van der Waals surface area (Å²) in [6.07, 6.45) is 0. The van der Waals surface area contributed by atoms with Gasteiger partial charge in [0.05, 0.1) is 0 Å². The van der Waals surface area contributed by atoms with Crippen LogP contribution in [0.15, 0.2) is 0 Å². The molecule has 0 bridgehead atoms. The van der Waals surface area contributed by atoms with Crippen LogP contribution in [0.4, 0.5) is 0 Å². The molecule has 0 aliphatic heterocycles. The molecule has 0 saturated carbocycles. The van der Waals surface area contributed by atoms with Gasteiger partial charge in [0, 0.05) is 0 Å². The Morgan fingerprint density at radius 3 is 0.889 bits per heavy atom. The van der Waals surface area contributed by atoms with Crippen molar-refractivity contribution in [1.82, 2.24) is 0 Å². The molecule has 0 fully saturated rings. The third-order valence-corrected chi connectivity index (χ3v) is 7.35. The summed E-state index contributed by atoms with van der Waals surface area (Å²) in [5.74, 6) is 0. The van der Waals surface area contributed by atoms with Crippen LogP contribution < -0.4 is 0 Å². The summed E-state index contributed by atoms with van der Waals surface area (Å²) in [6, 6.07) is 0. The van der Waals surface area contributed by atoms with Crippen LogP contribution >= 0.6 is 0 Å². The predicted molar refractivity (Wildman–Crippen MR) is 28.0 cm³/mol. The zero-order valence-corrected chi connectivity index (χ0v) is 9.31. The third kappa shape index (κ3) is 2.28. The fourth-order valence-corrected chi connectivity index (χ4v) is 3.67. The summed E-state index contributed by atoms with van der Waals surface area (Å²) >= 11 is -3.47. The number of hydrogen-bond donors (Lipinski definition) is 0. The van der Waals surface area contributed by atoms with Gasteiger partial charge in [-0.15, -0.1) is 0 Å². The van der Waals surface area contributed by atoms with E-state index in [2.05, 4.69) is 0 Å². The number of rotatable bonds is 4. The molecule has 0 rings (SSSR count). The van der Waals surface area contributed by atoms with Crippen LogP contribution in [-0.4, -0.2) is 28.4 Å². The van der Waals surface area contributed by atoms with Gasteiger partial charge in [-0.1, -0.05) is 0 Å². The van der Waals surface area contributed by atoms with Gasteiger partial charge in [0.2, 0.25) is 0 Å². The van der Waals surface area contributed by atoms with E-state index >= 15 is 0 Å². The first kappa shape index (κ1) is 9.46. The Hall–Kier alpha value is 0.463. The van der Waals surface area contributed by atoms with E-state index in [0.29, 0.717) is 0 Å². The Kier molecular flexibility index (Phi) is 4.53. The SMILES string of the molecule is C[O][Zn]([O]C)([O]C)[O]C. The van der Waals surface area contributed by atoms with Gasteiger partial charge in [-0.05, 0) is 0 Å². The molecule has 0 amide bonds. The molecular weight excluding hydrogens is 177 g/mol. The molecule has 0 saturated heterocycles. The molecule has 0 atom stereocenters. The van der Waals surface area contributed by atoms with Crippen molar-refractivity contribution < 1.29 is 30.5 Å². The van der Waals surface area contributed by atoms with Crippen molar-refractivity contribution in [3.8, 4) is 0 Å². The topological polar surface area (TPSA) is 36.9 Å². The minimum absolute atomic E-state index is 1.52. The molecule has 0 aliphatic rings. The standard InChI is InChI=1S/4CH3O.Zn/c4*1-2;/h4*1H3;/q4*-1;+4. The maximum absolute atomic E-state index is 4.94. The molecule has 0 heterocycles. The van der Waals surface area contributed by atoms with Gasteiger partial charge in [0.15, 0.2) is 0 Å². The van der Waals surface area contributed by atoms with Crippen LogP contribution in [0.3, 0.4) is 0 Å². The van der Waals surface area contributed by atoms with Crippen molar-refractivity contribution >= 4 is 0 Å². The van der Waals surface area contributed by atoms with Gasteiger partial charge in [0.25, 0.3) is 0 Å². The molecule has 0 radical (unpaired) electrons. The quantitative estimate of drug-likeness (QED) is 0.600. The van der Waals surface area contributed by atoms with Gasteiger partial charge in [0.1, 0.15) is 0 Å². The van der Waals surface area contributed by atoms with E-state index in [1.54, 1.807) is 0 Å². The Bertz CT molecular complexity index is 55.5. The van der Waals surface area contributed by atoms with Crippen molar-refractivity contribution in [2.45, 2.75) is 0 Å². The van der Waals surface area contributed by atoms with E-state index in [-0.39, 0.29) is 0 Å². The summed E-state index contributed by atoms with van der Waals surface area (Å²) < 4.78 is 19.8. The van der Waals surface area contributed by atoms with Crippen LogP contribution in [0.25, 0.3) is 0 Å². The molecule has 9 heavy (non-hydrogen) atoms. The van der Waals surface area contributed by atoms with Crippen molar-refractivity contribution in [2.24, 2.45) is 0 Å². The first-order valence-corrected chi connectivity index (χ1v) is 7.63. The maximum atomic E-state index is 4.94. The molecule has 0 aliphatic carbocycles. The first-order chi connectivity index (χ1) is 4.24. The minimum atomic E-state index is -3.47. The van der Waals surface area contributed by atoms with E-state index in [9.17, 15) is 0 Å². The molecule has 4 nitrogen and oxygen atoms in total. The molecule has 0 spiro atoms. The Labute approximate surface area is 59.5 Å². The second-order valence-corrected chi connectivity index (χ2v) is 9.67. The summed E-state index contributed by atoms with van der Waals surface area (Å²) in [5.41, 5.74) is 0. The monoisotopic (exact) mass is 188 g/mol. The van der Waals surface area contributed by atoms with Crippen LogP contribution in [0, 0.1) is 0 Å². The Balaban J connectivity index is 3.82. The van der Waals surface area contributed by atoms with E-state index < -0.39 is 16.2 Å². The van der Waals surface area contributed by atoms with E-state index in [1.165, 1.54) is 28.4 Å². The van der Waals surface area contributed by atoms with Crippen molar-refractivity contribution in [3.63, 3.8) is 0 Å². The summed E-state index contributed by atoms with van der Waals surface area (Å²) in [4.78, 5) is 0. The molecule has 0 aromatic rings. The molecule has 0 unspecified atom stereocenters. The van der Waals surface area contributed by atoms with Crippen LogP contribution in [-0.2, 0) is 30.5 Å². The Morgan fingerprint density at radius 1 is 0.667 bits per heavy atom. The van der Waals surface area contributed by atoms with Gasteiger partial charge in [-0.25, -0.2) is 0 Å². The second kappa shape index (κ2) is 4.31. The molecule has 0 aromatic carbocycles. The average Bonchev–Trinajstić information content (AvgIpc) is 1.95. The van der Waals surface area contributed by atoms with Crippen LogP contribution in [0.2, 0.25) is 0 Å². The third-order valence-electron chi connectivity index (χ3n) is 1.41. The fourth-order valence-electron chi connectivity index (χ4n) is 0.707. The van der Waals surface area contributed by atoms with Crippen molar-refractivity contribution in [3.05, 3.63) is 0 Å². The molecule has 54 valence electrons. The van der Waals surface area contributed by atoms with Gasteiger partial charge < -0.3 is 0 Å². The van der Waals surface area contributed by atoms with Crippen molar-refractivity contribution in [1.29, 1.82) is 0 Å². The van der Waals surface area contributed by atoms with Crippen LogP contribution in [0.5, 0.6) is 0 Å². The summed E-state index contributed by atoms with van der Waals surface area (Å²) in [6.45, 7) is 0. The normalized spacial score (nSPS) is 10.2. The van der Waals surface area contributed by atoms with Crippen LogP contribution in [0.1, 0.15) is 0 Å². The Morgan fingerprint density at radius 2 is 0.889 bits per heavy atom. The summed E-state index contributed by atoms with van der Waals surface area (Å²) in [7, 11) is 6.10. The van der Waals surface area contributed by atoms with E-state index in [1.807, 2.05) is 0 Å². The molecule has 0 aromatic heterocycles. The van der Waals surface area contributed by atoms with Crippen molar-refractivity contribution in [2.75, 3.05) is 28.4 Å². The molecule has 0 N–H and O–H groups in total. The van der Waals surface area contributed by atoms with Gasteiger partial charge in [-0.3, -0.25) is 0 Å². The zero-order valence-electron chi connectivity index (χ0n) is 6.34. The van der Waals surface area contributed by atoms with E-state index in [4.69, 9.17) is 14.3 Å². The average molecular weight is 190 g/mol. The second-order valence-electron chi connectivity index (χ2n) is 1.86. The van der Waals surface area contributed by atoms with Gasteiger partial charge in [-0.2, -0.15) is 0 Å². The summed E-state index contributed by atoms with van der Waals surface area (Å²) in [5, 5.41) is 0. The number of hydrogen-bond acceptors (Lipinski definition) is 4. The molecular formula is C4H12O4Zn.